The van der Waals surface area contributed by atoms with Crippen LogP contribution in [0.15, 0.2) is 71.1 Å². The number of nitrogens with zero attached hydrogens (tertiary/aromatic N) is 1. The number of aliphatic hydroxyl groups is 1. The van der Waals surface area contributed by atoms with Crippen LogP contribution in [0.4, 0.5) is 4.39 Å². The molecule has 4 rings (SSSR count). The number of rotatable bonds is 5. The number of para-hydroxylation sites is 1. The van der Waals surface area contributed by atoms with Gasteiger partial charge in [0, 0.05) is 12.6 Å². The summed E-state index contributed by atoms with van der Waals surface area (Å²) in [7, 11) is 1.67. The Morgan fingerprint density at radius 2 is 1.80 bits per heavy atom. The van der Waals surface area contributed by atoms with Crippen LogP contribution >= 0.6 is 0 Å². The lowest BCUT2D eigenvalue weighted by molar-refractivity contribution is -0.0418. The van der Waals surface area contributed by atoms with Gasteiger partial charge in [0.15, 0.2) is 5.76 Å². The van der Waals surface area contributed by atoms with Crippen molar-refractivity contribution in [3.05, 3.63) is 78.3 Å². The van der Waals surface area contributed by atoms with E-state index in [0.717, 1.165) is 12.8 Å². The van der Waals surface area contributed by atoms with Crippen LogP contribution in [0, 0.1) is 5.82 Å². The van der Waals surface area contributed by atoms with Gasteiger partial charge in [-0.1, -0.05) is 18.2 Å². The molecule has 3 aromatic rings. The standard InChI is InChI=1S/C24H24FNO4/c1-26(19-8-5-9-21(23(19)27)29-18-6-3-2-4-7-18)24(28)22-15-14-20(30-22)16-10-12-17(25)13-11-16/h2-4,6-7,10-15,19,21,23,27H,5,8-9H2,1H3/t19-,21-,23-/m1/s1. The van der Waals surface area contributed by atoms with Gasteiger partial charge < -0.3 is 19.2 Å². The van der Waals surface area contributed by atoms with Gasteiger partial charge in [0.1, 0.15) is 29.5 Å². The molecule has 1 fully saturated rings. The van der Waals surface area contributed by atoms with Crippen LogP contribution in [0.2, 0.25) is 0 Å². The van der Waals surface area contributed by atoms with E-state index in [4.69, 9.17) is 9.15 Å². The molecule has 1 aliphatic rings. The summed E-state index contributed by atoms with van der Waals surface area (Å²) in [5.74, 6) is 0.718. The number of halogens is 1. The quantitative estimate of drug-likeness (QED) is 0.673. The first-order valence-electron chi connectivity index (χ1n) is 10.1. The summed E-state index contributed by atoms with van der Waals surface area (Å²) in [5.41, 5.74) is 0.687. The number of aliphatic hydroxyl groups excluding tert-OH is 1. The minimum atomic E-state index is -0.806. The maximum absolute atomic E-state index is 13.1. The molecule has 30 heavy (non-hydrogen) atoms. The maximum atomic E-state index is 13.1. The normalized spacial score (nSPS) is 21.2. The Labute approximate surface area is 174 Å². The number of ether oxygens (including phenoxy) is 1. The highest BCUT2D eigenvalue weighted by Crippen LogP contribution is 2.29. The summed E-state index contributed by atoms with van der Waals surface area (Å²) in [6.07, 6.45) is 1.07. The highest BCUT2D eigenvalue weighted by atomic mass is 19.1. The van der Waals surface area contributed by atoms with Crippen molar-refractivity contribution in [3.8, 4) is 17.1 Å². The number of likely N-dealkylation sites (N-methyl/N-ethyl adjacent to an activating group) is 1. The zero-order valence-electron chi connectivity index (χ0n) is 16.7. The average molecular weight is 409 g/mol. The van der Waals surface area contributed by atoms with Gasteiger partial charge >= 0.3 is 0 Å². The monoisotopic (exact) mass is 409 g/mol. The van der Waals surface area contributed by atoms with Crippen LogP contribution in [0.3, 0.4) is 0 Å². The Balaban J connectivity index is 1.46. The van der Waals surface area contributed by atoms with Crippen LogP contribution in [0.25, 0.3) is 11.3 Å². The SMILES string of the molecule is CN(C(=O)c1ccc(-c2ccc(F)cc2)o1)[C@@H]1CCC[C@@H](Oc2ccccc2)[C@@H]1O. The Morgan fingerprint density at radius 3 is 2.53 bits per heavy atom. The zero-order valence-corrected chi connectivity index (χ0v) is 16.7. The van der Waals surface area contributed by atoms with E-state index in [-0.39, 0.29) is 29.6 Å². The topological polar surface area (TPSA) is 62.9 Å². The molecular formula is C24H24FNO4. The summed E-state index contributed by atoms with van der Waals surface area (Å²) in [5, 5.41) is 10.9. The van der Waals surface area contributed by atoms with Crippen molar-refractivity contribution >= 4 is 5.91 Å². The molecule has 156 valence electrons. The molecule has 1 amide bonds. The molecule has 1 N–H and O–H groups in total. The number of amides is 1. The third-order valence-electron chi connectivity index (χ3n) is 5.56. The summed E-state index contributed by atoms with van der Waals surface area (Å²) < 4.78 is 24.8. The molecule has 0 spiro atoms. The van der Waals surface area contributed by atoms with Crippen LogP contribution < -0.4 is 4.74 Å². The fourth-order valence-electron chi connectivity index (χ4n) is 3.89. The van der Waals surface area contributed by atoms with Crippen LogP contribution in [0.5, 0.6) is 5.75 Å². The van der Waals surface area contributed by atoms with Crippen molar-refractivity contribution in [1.29, 1.82) is 0 Å². The minimum absolute atomic E-state index is 0.176. The van der Waals surface area contributed by atoms with Crippen molar-refractivity contribution in [2.45, 2.75) is 37.5 Å². The summed E-state index contributed by atoms with van der Waals surface area (Å²) in [4.78, 5) is 14.5. The second-order valence-electron chi connectivity index (χ2n) is 7.55. The third kappa shape index (κ3) is 4.24. The molecule has 1 aromatic heterocycles. The van der Waals surface area contributed by atoms with E-state index in [0.29, 0.717) is 23.5 Å². The van der Waals surface area contributed by atoms with E-state index in [1.807, 2.05) is 30.3 Å². The molecule has 0 aliphatic heterocycles. The molecule has 5 nitrogen and oxygen atoms in total. The Morgan fingerprint density at radius 1 is 1.07 bits per heavy atom. The van der Waals surface area contributed by atoms with Crippen molar-refractivity contribution < 1.29 is 23.4 Å². The van der Waals surface area contributed by atoms with E-state index in [1.165, 1.54) is 17.0 Å². The molecule has 0 unspecified atom stereocenters. The van der Waals surface area contributed by atoms with Gasteiger partial charge in [-0.2, -0.15) is 0 Å². The molecule has 1 aliphatic carbocycles. The number of benzene rings is 2. The first kappa shape index (κ1) is 20.2. The molecule has 2 aromatic carbocycles. The Kier molecular flexibility index (Phi) is 5.86. The van der Waals surface area contributed by atoms with Crippen LogP contribution in [-0.4, -0.2) is 41.2 Å². The van der Waals surface area contributed by atoms with Gasteiger partial charge in [-0.05, 0) is 67.8 Å². The third-order valence-corrected chi connectivity index (χ3v) is 5.56. The molecule has 6 heteroatoms. The number of hydrogen-bond acceptors (Lipinski definition) is 4. The summed E-state index contributed by atoms with van der Waals surface area (Å²) >= 11 is 0. The zero-order chi connectivity index (χ0) is 21.1. The highest BCUT2D eigenvalue weighted by molar-refractivity contribution is 5.92. The van der Waals surface area contributed by atoms with Gasteiger partial charge in [0.2, 0.25) is 0 Å². The van der Waals surface area contributed by atoms with Gasteiger partial charge in [-0.3, -0.25) is 4.79 Å². The predicted octanol–water partition coefficient (Wildman–Crippen LogP) is 4.52. The van der Waals surface area contributed by atoms with Crippen molar-refractivity contribution in [2.75, 3.05) is 7.05 Å². The second kappa shape index (κ2) is 8.71. The first-order chi connectivity index (χ1) is 14.5. The molecule has 1 heterocycles. The van der Waals surface area contributed by atoms with E-state index in [9.17, 15) is 14.3 Å². The van der Waals surface area contributed by atoms with E-state index in [1.54, 1.807) is 31.3 Å². The number of carbonyl (C=O) groups is 1. The van der Waals surface area contributed by atoms with E-state index in [2.05, 4.69) is 0 Å². The Hall–Kier alpha value is -3.12. The molecule has 1 saturated carbocycles. The molecule has 0 bridgehead atoms. The fraction of sp³-hybridized carbons (Fsp3) is 0.292. The van der Waals surface area contributed by atoms with Crippen molar-refractivity contribution in [1.82, 2.24) is 4.90 Å². The van der Waals surface area contributed by atoms with Crippen LogP contribution in [-0.2, 0) is 0 Å². The number of carbonyl (C=O) groups excluding carboxylic acids is 1. The predicted molar refractivity (Wildman–Crippen MR) is 111 cm³/mol. The van der Waals surface area contributed by atoms with Crippen molar-refractivity contribution in [3.63, 3.8) is 0 Å². The summed E-state index contributed by atoms with van der Waals surface area (Å²) in [6, 6.07) is 18.2. The average Bonchev–Trinajstić information content (AvgIpc) is 3.26. The van der Waals surface area contributed by atoms with E-state index >= 15 is 0 Å². The van der Waals surface area contributed by atoms with Crippen LogP contribution in [0.1, 0.15) is 29.8 Å². The number of hydrogen-bond donors (Lipinski definition) is 1. The molecule has 3 atom stereocenters. The molecular weight excluding hydrogens is 385 g/mol. The first-order valence-corrected chi connectivity index (χ1v) is 10.1. The molecule has 0 radical (unpaired) electrons. The maximum Gasteiger partial charge on any atom is 0.289 e. The lowest BCUT2D eigenvalue weighted by atomic mass is 9.88. The second-order valence-corrected chi connectivity index (χ2v) is 7.55. The van der Waals surface area contributed by atoms with Gasteiger partial charge in [-0.15, -0.1) is 0 Å². The molecule has 0 saturated heterocycles. The summed E-state index contributed by atoms with van der Waals surface area (Å²) in [6.45, 7) is 0. The fourth-order valence-corrected chi connectivity index (χ4v) is 3.89. The smallest absolute Gasteiger partial charge is 0.289 e. The highest BCUT2D eigenvalue weighted by Gasteiger charge is 2.38. The number of furan rings is 1. The lowest BCUT2D eigenvalue weighted by Crippen LogP contribution is -2.53. The minimum Gasteiger partial charge on any atom is -0.488 e. The van der Waals surface area contributed by atoms with E-state index < -0.39 is 6.10 Å². The largest absolute Gasteiger partial charge is 0.488 e. The van der Waals surface area contributed by atoms with Gasteiger partial charge in [0.25, 0.3) is 5.91 Å². The van der Waals surface area contributed by atoms with Gasteiger partial charge in [-0.25, -0.2) is 4.39 Å². The van der Waals surface area contributed by atoms with Gasteiger partial charge in [0.05, 0.1) is 6.04 Å². The Bertz CT molecular complexity index is 986. The lowest BCUT2D eigenvalue weighted by Gasteiger charge is -2.39. The van der Waals surface area contributed by atoms with Crippen molar-refractivity contribution in [2.24, 2.45) is 0 Å².